The third-order valence-corrected chi connectivity index (χ3v) is 5.48. The van der Waals surface area contributed by atoms with Crippen LogP contribution in [0, 0.1) is 11.3 Å². The Morgan fingerprint density at radius 3 is 2.19 bits per heavy atom. The molecule has 1 nitrogen and oxygen atoms in total. The normalized spacial score (nSPS) is 26.0. The van der Waals surface area contributed by atoms with Crippen molar-refractivity contribution in [2.24, 2.45) is 11.3 Å². The predicted molar refractivity (Wildman–Crippen MR) is 90.5 cm³/mol. The molecule has 0 amide bonds. The molecule has 0 bridgehead atoms. The summed E-state index contributed by atoms with van der Waals surface area (Å²) in [7, 11) is 0. The van der Waals surface area contributed by atoms with Crippen molar-refractivity contribution in [3.63, 3.8) is 0 Å². The molecule has 1 aliphatic rings. The fraction of sp³-hybridized carbons (Fsp3) is 0.700. The van der Waals surface area contributed by atoms with E-state index < -0.39 is 0 Å². The van der Waals surface area contributed by atoms with Crippen molar-refractivity contribution in [3.05, 3.63) is 35.4 Å². The number of unbranched alkanes of at least 4 members (excludes halogenated alkanes) is 1. The Hall–Kier alpha value is -0.820. The highest BCUT2D eigenvalue weighted by Crippen LogP contribution is 2.42. The van der Waals surface area contributed by atoms with Crippen LogP contribution in [-0.4, -0.2) is 11.7 Å². The molecule has 1 N–H and O–H groups in total. The van der Waals surface area contributed by atoms with Crippen molar-refractivity contribution in [3.8, 4) is 0 Å². The molecule has 0 aromatic heterocycles. The molecule has 0 atom stereocenters. The van der Waals surface area contributed by atoms with Gasteiger partial charge in [0.25, 0.3) is 0 Å². The van der Waals surface area contributed by atoms with Crippen molar-refractivity contribution in [2.45, 2.75) is 71.6 Å². The molecule has 0 heterocycles. The fourth-order valence-electron chi connectivity index (χ4n) is 3.79. The van der Waals surface area contributed by atoms with Crippen LogP contribution in [0.3, 0.4) is 0 Å². The van der Waals surface area contributed by atoms with E-state index >= 15 is 0 Å². The maximum absolute atomic E-state index is 9.97. The first-order chi connectivity index (χ1) is 10.2. The van der Waals surface area contributed by atoms with Gasteiger partial charge in [-0.1, -0.05) is 57.4 Å². The van der Waals surface area contributed by atoms with Crippen molar-refractivity contribution in [1.29, 1.82) is 0 Å². The summed E-state index contributed by atoms with van der Waals surface area (Å²) in [5, 5.41) is 9.97. The first-order valence-electron chi connectivity index (χ1n) is 8.90. The van der Waals surface area contributed by atoms with E-state index in [0.29, 0.717) is 6.61 Å². The lowest BCUT2D eigenvalue weighted by Gasteiger charge is -2.39. The van der Waals surface area contributed by atoms with Gasteiger partial charge < -0.3 is 5.11 Å². The highest BCUT2D eigenvalue weighted by Gasteiger charge is 2.34. The molecule has 0 aliphatic heterocycles. The van der Waals surface area contributed by atoms with E-state index in [2.05, 4.69) is 38.1 Å². The standard InChI is InChI=1S/C20H32O/c1-3-5-6-18-11-13-20(16-21,14-12-18)15-19-9-7-17(4-2)8-10-19/h7-10,18,21H,3-6,11-16H2,1-2H3. The maximum atomic E-state index is 9.97. The largest absolute Gasteiger partial charge is 0.396 e. The van der Waals surface area contributed by atoms with E-state index in [1.807, 2.05) is 0 Å². The number of hydrogen-bond donors (Lipinski definition) is 1. The third kappa shape index (κ3) is 4.57. The Morgan fingerprint density at radius 1 is 1.05 bits per heavy atom. The van der Waals surface area contributed by atoms with Gasteiger partial charge in [0.05, 0.1) is 0 Å². The average molecular weight is 288 g/mol. The number of rotatable bonds is 7. The van der Waals surface area contributed by atoms with Crippen molar-refractivity contribution >= 4 is 0 Å². The van der Waals surface area contributed by atoms with Crippen molar-refractivity contribution in [1.82, 2.24) is 0 Å². The second-order valence-corrected chi connectivity index (χ2v) is 7.09. The van der Waals surface area contributed by atoms with Gasteiger partial charge in [-0.3, -0.25) is 0 Å². The minimum atomic E-state index is 0.149. The topological polar surface area (TPSA) is 20.2 Å². The molecule has 2 rings (SSSR count). The van der Waals surface area contributed by atoms with Gasteiger partial charge in [0, 0.05) is 6.61 Å². The summed E-state index contributed by atoms with van der Waals surface area (Å²) in [5.41, 5.74) is 2.95. The van der Waals surface area contributed by atoms with E-state index in [1.165, 1.54) is 56.1 Å². The lowest BCUT2D eigenvalue weighted by Crippen LogP contribution is -2.33. The quantitative estimate of drug-likeness (QED) is 0.735. The molecule has 1 aromatic rings. The van der Waals surface area contributed by atoms with Crippen LogP contribution in [0.2, 0.25) is 0 Å². The number of benzene rings is 1. The molecule has 0 spiro atoms. The lowest BCUT2D eigenvalue weighted by molar-refractivity contribution is 0.0621. The highest BCUT2D eigenvalue weighted by atomic mass is 16.3. The summed E-state index contributed by atoms with van der Waals surface area (Å²) < 4.78 is 0. The van der Waals surface area contributed by atoms with E-state index in [4.69, 9.17) is 0 Å². The summed E-state index contributed by atoms with van der Waals surface area (Å²) in [4.78, 5) is 0. The second-order valence-electron chi connectivity index (χ2n) is 7.09. The number of aliphatic hydroxyl groups excluding tert-OH is 1. The Bertz CT molecular complexity index is 398. The van der Waals surface area contributed by atoms with Gasteiger partial charge in [-0.25, -0.2) is 0 Å². The molecular formula is C20H32O. The predicted octanol–water partition coefficient (Wildman–Crippen LogP) is 5.15. The molecule has 1 aromatic carbocycles. The van der Waals surface area contributed by atoms with Crippen LogP contribution >= 0.6 is 0 Å². The smallest absolute Gasteiger partial charge is 0.0490 e. The van der Waals surface area contributed by atoms with Crippen LogP contribution in [0.1, 0.15) is 69.9 Å². The van der Waals surface area contributed by atoms with Gasteiger partial charge in [0.1, 0.15) is 0 Å². The van der Waals surface area contributed by atoms with Gasteiger partial charge in [-0.15, -0.1) is 0 Å². The first kappa shape index (κ1) is 16.5. The zero-order valence-corrected chi connectivity index (χ0v) is 13.9. The molecule has 1 saturated carbocycles. The highest BCUT2D eigenvalue weighted by molar-refractivity contribution is 5.23. The first-order valence-corrected chi connectivity index (χ1v) is 8.90. The summed E-state index contributed by atoms with van der Waals surface area (Å²) >= 11 is 0. The number of hydrogen-bond acceptors (Lipinski definition) is 1. The molecule has 0 unspecified atom stereocenters. The van der Waals surface area contributed by atoms with E-state index in [-0.39, 0.29) is 5.41 Å². The van der Waals surface area contributed by atoms with Crippen LogP contribution in [0.5, 0.6) is 0 Å². The van der Waals surface area contributed by atoms with Gasteiger partial charge >= 0.3 is 0 Å². The van der Waals surface area contributed by atoms with Gasteiger partial charge in [-0.2, -0.15) is 0 Å². The molecule has 21 heavy (non-hydrogen) atoms. The zero-order valence-electron chi connectivity index (χ0n) is 13.9. The van der Waals surface area contributed by atoms with Crippen LogP contribution in [0.15, 0.2) is 24.3 Å². The number of aryl methyl sites for hydroxylation is 1. The SMILES string of the molecule is CCCCC1CCC(CO)(Cc2ccc(CC)cc2)CC1. The molecule has 1 fully saturated rings. The molecule has 1 heteroatoms. The zero-order chi connectivity index (χ0) is 15.1. The Kier molecular flexibility index (Phi) is 6.29. The summed E-state index contributed by atoms with van der Waals surface area (Å²) in [5.74, 6) is 0.909. The summed E-state index contributed by atoms with van der Waals surface area (Å²) in [6.45, 7) is 4.83. The van der Waals surface area contributed by atoms with E-state index in [1.54, 1.807) is 0 Å². The van der Waals surface area contributed by atoms with Crippen LogP contribution in [0.25, 0.3) is 0 Å². The molecule has 1 aliphatic carbocycles. The Morgan fingerprint density at radius 2 is 1.67 bits per heavy atom. The molecule has 0 saturated heterocycles. The lowest BCUT2D eigenvalue weighted by atomic mass is 9.67. The molecule has 118 valence electrons. The molecule has 0 radical (unpaired) electrons. The van der Waals surface area contributed by atoms with Crippen LogP contribution in [-0.2, 0) is 12.8 Å². The van der Waals surface area contributed by atoms with E-state index in [9.17, 15) is 5.11 Å². The van der Waals surface area contributed by atoms with Crippen LogP contribution in [0.4, 0.5) is 0 Å². The second kappa shape index (κ2) is 7.98. The van der Waals surface area contributed by atoms with E-state index in [0.717, 1.165) is 18.8 Å². The minimum Gasteiger partial charge on any atom is -0.396 e. The summed E-state index contributed by atoms with van der Waals surface area (Å²) in [6.07, 6.45) is 11.3. The minimum absolute atomic E-state index is 0.149. The maximum Gasteiger partial charge on any atom is 0.0490 e. The van der Waals surface area contributed by atoms with Crippen molar-refractivity contribution in [2.75, 3.05) is 6.61 Å². The van der Waals surface area contributed by atoms with Gasteiger partial charge in [0.15, 0.2) is 0 Å². The van der Waals surface area contributed by atoms with Gasteiger partial charge in [0.2, 0.25) is 0 Å². The van der Waals surface area contributed by atoms with Crippen LogP contribution < -0.4 is 0 Å². The Balaban J connectivity index is 1.93. The van der Waals surface area contributed by atoms with Gasteiger partial charge in [-0.05, 0) is 61.0 Å². The average Bonchev–Trinajstić information content (AvgIpc) is 2.55. The fourth-order valence-corrected chi connectivity index (χ4v) is 3.79. The third-order valence-electron chi connectivity index (χ3n) is 5.48. The molecular weight excluding hydrogens is 256 g/mol. The van der Waals surface area contributed by atoms with Crippen molar-refractivity contribution < 1.29 is 5.11 Å². The monoisotopic (exact) mass is 288 g/mol. The number of aliphatic hydroxyl groups is 1. The Labute approximate surface area is 130 Å². The summed E-state index contributed by atoms with van der Waals surface area (Å²) in [6, 6.07) is 9.01.